The number of pyridine rings is 1. The number of ether oxygens (including phenoxy) is 1. The van der Waals surface area contributed by atoms with Crippen LogP contribution in [0.4, 0.5) is 0 Å². The number of amides is 1. The lowest BCUT2D eigenvalue weighted by atomic mass is 10.0. The van der Waals surface area contributed by atoms with Gasteiger partial charge in [0, 0.05) is 59.6 Å². The Morgan fingerprint density at radius 3 is 2.79 bits per heavy atom. The molecule has 0 unspecified atom stereocenters. The Labute approximate surface area is 191 Å². The zero-order chi connectivity index (χ0) is 22.4. The van der Waals surface area contributed by atoms with Crippen LogP contribution in [0.3, 0.4) is 0 Å². The maximum Gasteiger partial charge on any atom is 0.254 e. The number of benzene rings is 2. The zero-order valence-electron chi connectivity index (χ0n) is 18.4. The fourth-order valence-electron chi connectivity index (χ4n) is 4.60. The summed E-state index contributed by atoms with van der Waals surface area (Å²) < 4.78 is 7.92. The van der Waals surface area contributed by atoms with E-state index in [0.717, 1.165) is 29.0 Å². The van der Waals surface area contributed by atoms with E-state index in [1.165, 1.54) is 22.2 Å². The van der Waals surface area contributed by atoms with Crippen molar-refractivity contribution < 1.29 is 9.53 Å². The first-order valence-corrected chi connectivity index (χ1v) is 11.2. The van der Waals surface area contributed by atoms with Crippen molar-refractivity contribution in [2.24, 2.45) is 0 Å². The molecule has 3 aromatic heterocycles. The Bertz CT molecular complexity index is 1480. The van der Waals surface area contributed by atoms with E-state index in [9.17, 15) is 4.79 Å². The summed E-state index contributed by atoms with van der Waals surface area (Å²) in [6, 6.07) is 19.7. The van der Waals surface area contributed by atoms with E-state index in [0.29, 0.717) is 25.3 Å². The van der Waals surface area contributed by atoms with Gasteiger partial charge in [0.2, 0.25) is 0 Å². The van der Waals surface area contributed by atoms with Crippen LogP contribution in [-0.4, -0.2) is 31.7 Å². The number of rotatable bonds is 4. The summed E-state index contributed by atoms with van der Waals surface area (Å²) in [6.45, 7) is 3.78. The number of aromatic nitrogens is 3. The molecule has 33 heavy (non-hydrogen) atoms. The summed E-state index contributed by atoms with van der Waals surface area (Å²) in [5, 5.41) is 1.20. The highest BCUT2D eigenvalue weighted by atomic mass is 16.5. The second-order valence-corrected chi connectivity index (χ2v) is 8.62. The molecule has 164 valence electrons. The highest BCUT2D eigenvalue weighted by molar-refractivity contribution is 5.95. The molecular formula is C27H24N4O2. The molecule has 6 rings (SSSR count). The van der Waals surface area contributed by atoms with Gasteiger partial charge in [-0.15, -0.1) is 0 Å². The molecule has 4 heterocycles. The van der Waals surface area contributed by atoms with Gasteiger partial charge >= 0.3 is 0 Å². The number of hydrogen-bond donors (Lipinski definition) is 1. The lowest BCUT2D eigenvalue weighted by Crippen LogP contribution is -2.35. The lowest BCUT2D eigenvalue weighted by Gasteiger charge is -2.27. The van der Waals surface area contributed by atoms with Crippen LogP contribution >= 0.6 is 0 Å². The first-order chi connectivity index (χ1) is 16.1. The molecule has 0 fully saturated rings. The van der Waals surface area contributed by atoms with Crippen LogP contribution in [0.15, 0.2) is 73.1 Å². The molecule has 0 aliphatic carbocycles. The molecule has 1 N–H and O–H groups in total. The third-order valence-electron chi connectivity index (χ3n) is 6.31. The number of H-pyrrole nitrogens is 1. The first-order valence-electron chi connectivity index (χ1n) is 11.2. The van der Waals surface area contributed by atoms with Gasteiger partial charge in [-0.25, -0.2) is 4.98 Å². The Morgan fingerprint density at radius 1 is 1.06 bits per heavy atom. The third kappa shape index (κ3) is 3.63. The molecule has 6 nitrogen and oxygen atoms in total. The van der Waals surface area contributed by atoms with E-state index in [2.05, 4.69) is 29.0 Å². The van der Waals surface area contributed by atoms with Crippen molar-refractivity contribution in [2.45, 2.75) is 26.5 Å². The predicted octanol–water partition coefficient (Wildman–Crippen LogP) is 4.90. The second kappa shape index (κ2) is 7.81. The SMILES string of the molecule is Cc1ccc2nc(COc3ccc(C(=O)N4CCc5[nH]c6ccccc6c5C4)cc3)cn2c1. The Hall–Kier alpha value is -4.06. The second-order valence-electron chi connectivity index (χ2n) is 8.62. The summed E-state index contributed by atoms with van der Waals surface area (Å²) in [6.07, 6.45) is 4.87. The number of carbonyl (C=O) groups is 1. The van der Waals surface area contributed by atoms with Gasteiger partial charge in [0.15, 0.2) is 0 Å². The highest BCUT2D eigenvalue weighted by Crippen LogP contribution is 2.28. The monoisotopic (exact) mass is 436 g/mol. The summed E-state index contributed by atoms with van der Waals surface area (Å²) in [4.78, 5) is 23.2. The number of nitrogens with one attached hydrogen (secondary N) is 1. The van der Waals surface area contributed by atoms with E-state index < -0.39 is 0 Å². The molecule has 0 bridgehead atoms. The summed E-state index contributed by atoms with van der Waals surface area (Å²) in [5.41, 5.74) is 7.23. The van der Waals surface area contributed by atoms with Gasteiger partial charge in [0.05, 0.1) is 5.69 Å². The molecule has 0 spiro atoms. The zero-order valence-corrected chi connectivity index (χ0v) is 18.4. The molecule has 5 aromatic rings. The van der Waals surface area contributed by atoms with Gasteiger partial charge in [-0.05, 0) is 48.9 Å². The quantitative estimate of drug-likeness (QED) is 0.436. The number of hydrogen-bond acceptors (Lipinski definition) is 3. The van der Waals surface area contributed by atoms with Crippen LogP contribution in [0.1, 0.15) is 32.9 Å². The number of para-hydroxylation sites is 1. The van der Waals surface area contributed by atoms with Crippen molar-refractivity contribution in [1.82, 2.24) is 19.3 Å². The van der Waals surface area contributed by atoms with Crippen molar-refractivity contribution >= 4 is 22.5 Å². The standard InChI is InChI=1S/C27H24N4O2/c1-18-6-11-26-28-20(15-31(26)14-18)17-33-21-9-7-19(8-10-21)27(32)30-13-12-25-23(16-30)22-4-2-3-5-24(22)29-25/h2-11,14-15,29H,12-13,16-17H2,1H3. The smallest absolute Gasteiger partial charge is 0.254 e. The van der Waals surface area contributed by atoms with E-state index in [1.807, 2.05) is 70.2 Å². The van der Waals surface area contributed by atoms with E-state index >= 15 is 0 Å². The third-order valence-corrected chi connectivity index (χ3v) is 6.31. The van der Waals surface area contributed by atoms with Crippen molar-refractivity contribution in [1.29, 1.82) is 0 Å². The number of aromatic amines is 1. The molecule has 1 aliphatic heterocycles. The molecule has 0 radical (unpaired) electrons. The van der Waals surface area contributed by atoms with Crippen molar-refractivity contribution in [3.63, 3.8) is 0 Å². The Balaban J connectivity index is 1.13. The number of carbonyl (C=O) groups excluding carboxylic acids is 1. The fourth-order valence-corrected chi connectivity index (χ4v) is 4.60. The van der Waals surface area contributed by atoms with Crippen LogP contribution < -0.4 is 4.74 Å². The molecular weight excluding hydrogens is 412 g/mol. The average Bonchev–Trinajstić information content (AvgIpc) is 3.42. The minimum absolute atomic E-state index is 0.0493. The number of imidazole rings is 1. The topological polar surface area (TPSA) is 62.6 Å². The molecule has 1 aliphatic rings. The minimum Gasteiger partial charge on any atom is -0.487 e. The van der Waals surface area contributed by atoms with Crippen molar-refractivity contribution in [2.75, 3.05) is 6.54 Å². The average molecular weight is 437 g/mol. The molecule has 0 saturated carbocycles. The van der Waals surface area contributed by atoms with Gasteiger partial charge in [0.1, 0.15) is 18.0 Å². The molecule has 0 atom stereocenters. The van der Waals surface area contributed by atoms with Crippen molar-refractivity contribution in [3.8, 4) is 5.75 Å². The van der Waals surface area contributed by atoms with Crippen LogP contribution in [0.5, 0.6) is 5.75 Å². The van der Waals surface area contributed by atoms with Crippen LogP contribution in [0.25, 0.3) is 16.6 Å². The number of nitrogens with zero attached hydrogens (tertiary/aromatic N) is 3. The molecule has 6 heteroatoms. The lowest BCUT2D eigenvalue weighted by molar-refractivity contribution is 0.0735. The number of fused-ring (bicyclic) bond motifs is 4. The molecule has 1 amide bonds. The van der Waals surface area contributed by atoms with Gasteiger partial charge in [-0.3, -0.25) is 4.79 Å². The Morgan fingerprint density at radius 2 is 1.91 bits per heavy atom. The maximum atomic E-state index is 13.1. The summed E-state index contributed by atoms with van der Waals surface area (Å²) >= 11 is 0. The van der Waals surface area contributed by atoms with Gasteiger partial charge in [0.25, 0.3) is 5.91 Å². The van der Waals surface area contributed by atoms with Crippen molar-refractivity contribution in [3.05, 3.63) is 101 Å². The molecule has 2 aromatic carbocycles. The van der Waals surface area contributed by atoms with Gasteiger partial charge in [-0.2, -0.15) is 0 Å². The van der Waals surface area contributed by atoms with Crippen LogP contribution in [0.2, 0.25) is 0 Å². The maximum absolute atomic E-state index is 13.1. The van der Waals surface area contributed by atoms with E-state index in [4.69, 9.17) is 4.74 Å². The molecule has 0 saturated heterocycles. The van der Waals surface area contributed by atoms with Crippen LogP contribution in [0, 0.1) is 6.92 Å². The largest absolute Gasteiger partial charge is 0.487 e. The number of aryl methyl sites for hydroxylation is 1. The normalized spacial score (nSPS) is 13.4. The van der Waals surface area contributed by atoms with Gasteiger partial charge in [-0.1, -0.05) is 24.3 Å². The minimum atomic E-state index is 0.0493. The van der Waals surface area contributed by atoms with E-state index in [-0.39, 0.29) is 5.91 Å². The summed E-state index contributed by atoms with van der Waals surface area (Å²) in [5.74, 6) is 0.769. The van der Waals surface area contributed by atoms with E-state index in [1.54, 1.807) is 0 Å². The Kier molecular flexibility index (Phi) is 4.64. The van der Waals surface area contributed by atoms with Gasteiger partial charge < -0.3 is 19.0 Å². The highest BCUT2D eigenvalue weighted by Gasteiger charge is 2.24. The summed E-state index contributed by atoms with van der Waals surface area (Å²) in [7, 11) is 0. The first kappa shape index (κ1) is 19.6. The predicted molar refractivity (Wildman–Crippen MR) is 127 cm³/mol. The fraction of sp³-hybridized carbons (Fsp3) is 0.185. The van der Waals surface area contributed by atoms with Crippen LogP contribution in [-0.2, 0) is 19.6 Å².